The van der Waals surface area contributed by atoms with E-state index in [1.807, 2.05) is 26.0 Å². The number of carboxylic acid groups (broad SMARTS) is 1. The van der Waals surface area contributed by atoms with E-state index < -0.39 is 5.97 Å². The predicted octanol–water partition coefficient (Wildman–Crippen LogP) is 2.10. The minimum absolute atomic E-state index is 0.209. The Hall–Kier alpha value is -2.24. The molecule has 0 saturated carbocycles. The molecule has 0 fully saturated rings. The van der Waals surface area contributed by atoms with E-state index in [9.17, 15) is 9.59 Å². The Kier molecular flexibility index (Phi) is 4.82. The van der Waals surface area contributed by atoms with Crippen LogP contribution in [0.1, 0.15) is 33.3 Å². The van der Waals surface area contributed by atoms with Gasteiger partial charge in [0.1, 0.15) is 12.1 Å². The minimum Gasteiger partial charge on any atom is -0.483 e. The second-order valence-electron chi connectivity index (χ2n) is 6.58. The summed E-state index contributed by atoms with van der Waals surface area (Å²) in [5, 5.41) is 8.90. The third kappa shape index (κ3) is 4.15. The zero-order valence-corrected chi connectivity index (χ0v) is 14.0. The van der Waals surface area contributed by atoms with Crippen molar-refractivity contribution < 1.29 is 24.2 Å². The van der Waals surface area contributed by atoms with E-state index in [2.05, 4.69) is 0 Å². The van der Waals surface area contributed by atoms with Crippen LogP contribution in [0, 0.1) is 0 Å². The number of hydrogen-bond acceptors (Lipinski definition) is 4. The Morgan fingerprint density at radius 1 is 1.39 bits per heavy atom. The van der Waals surface area contributed by atoms with Gasteiger partial charge in [-0.25, -0.2) is 0 Å². The molecule has 0 bridgehead atoms. The Labute approximate surface area is 136 Å². The zero-order valence-electron chi connectivity index (χ0n) is 14.0. The molecular weight excluding hydrogens is 298 g/mol. The number of hydrogen-bond donors (Lipinski definition) is 1. The first-order valence-corrected chi connectivity index (χ1v) is 7.64. The van der Waals surface area contributed by atoms with Gasteiger partial charge in [-0.3, -0.25) is 9.59 Å². The van der Waals surface area contributed by atoms with Gasteiger partial charge in [-0.05, 0) is 33.8 Å². The fourth-order valence-corrected chi connectivity index (χ4v) is 2.63. The molecule has 2 rings (SSSR count). The van der Waals surface area contributed by atoms with Crippen molar-refractivity contribution in [3.05, 3.63) is 23.8 Å². The molecule has 1 heterocycles. The number of para-hydroxylation sites is 1. The highest BCUT2D eigenvalue weighted by Gasteiger charge is 2.32. The standard InChI is InChI=1S/C17H23NO5/c1-11(2)18(9-15(20)21)14(19)10-22-13-7-5-6-12-8-17(3,4)23-16(12)13/h5-7,11H,8-10H2,1-4H3,(H,20,21). The van der Waals surface area contributed by atoms with Crippen molar-refractivity contribution in [3.8, 4) is 11.5 Å². The zero-order chi connectivity index (χ0) is 17.2. The number of fused-ring (bicyclic) bond motifs is 1. The number of carbonyl (C=O) groups is 2. The number of rotatable bonds is 6. The lowest BCUT2D eigenvalue weighted by atomic mass is 10.0. The molecule has 0 aromatic heterocycles. The van der Waals surface area contributed by atoms with Crippen molar-refractivity contribution in [2.24, 2.45) is 0 Å². The Bertz CT molecular complexity index is 609. The maximum atomic E-state index is 12.2. The molecule has 0 saturated heterocycles. The largest absolute Gasteiger partial charge is 0.483 e. The van der Waals surface area contributed by atoms with Gasteiger partial charge in [-0.2, -0.15) is 0 Å². The van der Waals surface area contributed by atoms with Crippen LogP contribution >= 0.6 is 0 Å². The average Bonchev–Trinajstić information content (AvgIpc) is 2.76. The lowest BCUT2D eigenvalue weighted by Gasteiger charge is -2.25. The molecule has 1 aromatic rings. The monoisotopic (exact) mass is 321 g/mol. The molecule has 1 aliphatic heterocycles. The third-order valence-corrected chi connectivity index (χ3v) is 3.66. The number of ether oxygens (including phenoxy) is 2. The highest BCUT2D eigenvalue weighted by molar-refractivity contribution is 5.82. The van der Waals surface area contributed by atoms with Gasteiger partial charge < -0.3 is 19.5 Å². The third-order valence-electron chi connectivity index (χ3n) is 3.66. The molecule has 0 radical (unpaired) electrons. The van der Waals surface area contributed by atoms with E-state index in [1.165, 1.54) is 4.90 Å². The van der Waals surface area contributed by atoms with Gasteiger partial charge in [0.05, 0.1) is 0 Å². The first kappa shape index (κ1) is 17.1. The van der Waals surface area contributed by atoms with Crippen molar-refractivity contribution in [1.29, 1.82) is 0 Å². The van der Waals surface area contributed by atoms with E-state index in [4.69, 9.17) is 14.6 Å². The Morgan fingerprint density at radius 2 is 2.09 bits per heavy atom. The molecule has 126 valence electrons. The normalized spacial score (nSPS) is 15.0. The van der Waals surface area contributed by atoms with Gasteiger partial charge in [0.25, 0.3) is 5.91 Å². The fourth-order valence-electron chi connectivity index (χ4n) is 2.63. The predicted molar refractivity (Wildman–Crippen MR) is 84.8 cm³/mol. The molecule has 1 N–H and O–H groups in total. The molecule has 0 atom stereocenters. The van der Waals surface area contributed by atoms with Crippen LogP contribution in [0.4, 0.5) is 0 Å². The summed E-state index contributed by atoms with van der Waals surface area (Å²) in [6.07, 6.45) is 0.782. The summed E-state index contributed by atoms with van der Waals surface area (Å²) < 4.78 is 11.5. The highest BCUT2D eigenvalue weighted by atomic mass is 16.5. The molecule has 6 nitrogen and oxygen atoms in total. The van der Waals surface area contributed by atoms with Crippen molar-refractivity contribution in [2.45, 2.75) is 45.8 Å². The quantitative estimate of drug-likeness (QED) is 0.868. The maximum absolute atomic E-state index is 12.2. The van der Waals surface area contributed by atoms with E-state index in [1.54, 1.807) is 19.9 Å². The first-order valence-electron chi connectivity index (χ1n) is 7.64. The van der Waals surface area contributed by atoms with Crippen LogP contribution in [0.5, 0.6) is 11.5 Å². The van der Waals surface area contributed by atoms with Gasteiger partial charge in [-0.1, -0.05) is 12.1 Å². The minimum atomic E-state index is -1.04. The van der Waals surface area contributed by atoms with Crippen LogP contribution in [0.25, 0.3) is 0 Å². The van der Waals surface area contributed by atoms with Gasteiger partial charge >= 0.3 is 5.97 Å². The van der Waals surface area contributed by atoms with Crippen molar-refractivity contribution >= 4 is 11.9 Å². The smallest absolute Gasteiger partial charge is 0.323 e. The molecule has 1 amide bonds. The second kappa shape index (κ2) is 6.48. The average molecular weight is 321 g/mol. The summed E-state index contributed by atoms with van der Waals surface area (Å²) in [7, 11) is 0. The summed E-state index contributed by atoms with van der Waals surface area (Å²) in [6.45, 7) is 6.98. The van der Waals surface area contributed by atoms with Gasteiger partial charge in [0.15, 0.2) is 18.1 Å². The topological polar surface area (TPSA) is 76.1 Å². The molecule has 0 aliphatic carbocycles. The number of benzene rings is 1. The molecule has 1 aliphatic rings. The molecular formula is C17H23NO5. The molecule has 0 spiro atoms. The van der Waals surface area contributed by atoms with Gasteiger partial charge in [-0.15, -0.1) is 0 Å². The van der Waals surface area contributed by atoms with Crippen LogP contribution in [0.15, 0.2) is 18.2 Å². The summed E-state index contributed by atoms with van der Waals surface area (Å²) in [4.78, 5) is 24.4. The van der Waals surface area contributed by atoms with E-state index in [-0.39, 0.29) is 30.7 Å². The van der Waals surface area contributed by atoms with Crippen LogP contribution < -0.4 is 9.47 Å². The van der Waals surface area contributed by atoms with Crippen LogP contribution in [-0.4, -0.2) is 46.7 Å². The summed E-state index contributed by atoms with van der Waals surface area (Å²) in [5.41, 5.74) is 0.755. The Balaban J connectivity index is 2.06. The molecule has 23 heavy (non-hydrogen) atoms. The number of carbonyl (C=O) groups excluding carboxylic acids is 1. The summed E-state index contributed by atoms with van der Waals surface area (Å²) in [5.74, 6) is -0.227. The van der Waals surface area contributed by atoms with Gasteiger partial charge in [0, 0.05) is 18.0 Å². The molecule has 0 unspecified atom stereocenters. The molecule has 1 aromatic carbocycles. The Morgan fingerprint density at radius 3 is 2.70 bits per heavy atom. The lowest BCUT2D eigenvalue weighted by molar-refractivity contribution is -0.146. The van der Waals surface area contributed by atoms with Gasteiger partial charge in [0.2, 0.25) is 0 Å². The number of amides is 1. The van der Waals surface area contributed by atoms with E-state index >= 15 is 0 Å². The molecule has 6 heteroatoms. The van der Waals surface area contributed by atoms with Crippen molar-refractivity contribution in [1.82, 2.24) is 4.90 Å². The SMILES string of the molecule is CC(C)N(CC(=O)O)C(=O)COc1cccc2c1OC(C)(C)C2. The van der Waals surface area contributed by atoms with E-state index in [0.29, 0.717) is 11.5 Å². The van der Waals surface area contributed by atoms with E-state index in [0.717, 1.165) is 12.0 Å². The number of aliphatic carboxylic acids is 1. The fraction of sp³-hybridized carbons (Fsp3) is 0.529. The maximum Gasteiger partial charge on any atom is 0.323 e. The van der Waals surface area contributed by atoms with Crippen molar-refractivity contribution in [2.75, 3.05) is 13.2 Å². The number of nitrogens with zero attached hydrogens (tertiary/aromatic N) is 1. The number of carboxylic acids is 1. The highest BCUT2D eigenvalue weighted by Crippen LogP contribution is 2.41. The first-order chi connectivity index (χ1) is 10.7. The second-order valence-corrected chi connectivity index (χ2v) is 6.58. The van der Waals surface area contributed by atoms with Crippen molar-refractivity contribution in [3.63, 3.8) is 0 Å². The lowest BCUT2D eigenvalue weighted by Crippen LogP contribution is -2.43. The van der Waals surface area contributed by atoms with Crippen LogP contribution in [0.3, 0.4) is 0 Å². The van der Waals surface area contributed by atoms with Crippen LogP contribution in [0.2, 0.25) is 0 Å². The summed E-state index contributed by atoms with van der Waals surface area (Å²) >= 11 is 0. The summed E-state index contributed by atoms with van der Waals surface area (Å²) in [6, 6.07) is 5.38. The van der Waals surface area contributed by atoms with Crippen LogP contribution in [-0.2, 0) is 16.0 Å².